The zero-order chi connectivity index (χ0) is 20.3. The van der Waals surface area contributed by atoms with Crippen molar-refractivity contribution in [3.05, 3.63) is 48.4 Å². The van der Waals surface area contributed by atoms with Crippen molar-refractivity contribution in [1.29, 1.82) is 0 Å². The minimum Gasteiger partial charge on any atom is -0.369 e. The van der Waals surface area contributed by atoms with Gasteiger partial charge in [0.05, 0.1) is 29.0 Å². The van der Waals surface area contributed by atoms with Gasteiger partial charge < -0.3 is 11.1 Å². The Hall–Kier alpha value is -3.31. The molecule has 0 radical (unpaired) electrons. The van der Waals surface area contributed by atoms with Crippen molar-refractivity contribution in [2.24, 2.45) is 12.8 Å². The van der Waals surface area contributed by atoms with E-state index in [1.807, 2.05) is 6.92 Å². The predicted molar refractivity (Wildman–Crippen MR) is 103 cm³/mol. The number of rotatable bonds is 7. The lowest BCUT2D eigenvalue weighted by Gasteiger charge is -2.09. The van der Waals surface area contributed by atoms with Crippen LogP contribution in [0.1, 0.15) is 5.56 Å². The summed E-state index contributed by atoms with van der Waals surface area (Å²) >= 11 is 0. The number of aryl methyl sites for hydroxylation is 2. The quantitative estimate of drug-likeness (QED) is 0.528. The second-order valence-electron chi connectivity index (χ2n) is 6.07. The number of nitrogens with one attached hydrogen (secondary N) is 2. The summed E-state index contributed by atoms with van der Waals surface area (Å²) in [7, 11) is -2.01. The molecule has 0 atom stereocenters. The third-order valence-corrected chi connectivity index (χ3v) is 5.22. The molecular weight excluding hydrogens is 382 g/mol. The number of carbonyl (C=O) groups is 1. The third-order valence-electron chi connectivity index (χ3n) is 3.81. The number of aromatic nitrogens is 4. The topological polar surface area (TPSA) is 145 Å². The summed E-state index contributed by atoms with van der Waals surface area (Å²) in [6.07, 6.45) is 5.13. The fraction of sp³-hybridized carbons (Fsp3) is 0.176. The van der Waals surface area contributed by atoms with Gasteiger partial charge in [0.25, 0.3) is 0 Å². The van der Waals surface area contributed by atoms with Crippen molar-refractivity contribution >= 4 is 27.6 Å². The van der Waals surface area contributed by atoms with Gasteiger partial charge in [-0.25, -0.2) is 23.1 Å². The van der Waals surface area contributed by atoms with E-state index in [2.05, 4.69) is 25.1 Å². The van der Waals surface area contributed by atoms with E-state index in [0.717, 1.165) is 16.8 Å². The van der Waals surface area contributed by atoms with Gasteiger partial charge in [0.2, 0.25) is 21.9 Å². The molecule has 4 N–H and O–H groups in total. The molecular formula is C17H19N7O3S. The SMILES string of the molecule is Cc1cnc(Nc2cnn(C)c2)nc1-c1ccc(S(=O)(=O)NCC(N)=O)cc1. The van der Waals surface area contributed by atoms with Crippen LogP contribution in [0.4, 0.5) is 11.6 Å². The number of benzene rings is 1. The summed E-state index contributed by atoms with van der Waals surface area (Å²) in [5, 5.41) is 7.15. The third kappa shape index (κ3) is 4.50. The Morgan fingerprint density at radius 3 is 2.54 bits per heavy atom. The van der Waals surface area contributed by atoms with Crippen LogP contribution in [-0.2, 0) is 21.9 Å². The highest BCUT2D eigenvalue weighted by molar-refractivity contribution is 7.89. The van der Waals surface area contributed by atoms with E-state index in [1.165, 1.54) is 12.1 Å². The van der Waals surface area contributed by atoms with Gasteiger partial charge in [0, 0.05) is 25.0 Å². The molecule has 0 bridgehead atoms. The van der Waals surface area contributed by atoms with Crippen molar-refractivity contribution in [3.63, 3.8) is 0 Å². The Bertz CT molecular complexity index is 1110. The van der Waals surface area contributed by atoms with Crippen LogP contribution in [-0.4, -0.2) is 40.6 Å². The Morgan fingerprint density at radius 2 is 1.93 bits per heavy atom. The molecule has 3 aromatic rings. The first kappa shape index (κ1) is 19.5. The van der Waals surface area contributed by atoms with Gasteiger partial charge in [0.15, 0.2) is 0 Å². The molecule has 146 valence electrons. The summed E-state index contributed by atoms with van der Waals surface area (Å²) in [6, 6.07) is 6.16. The van der Waals surface area contributed by atoms with Gasteiger partial charge in [0.1, 0.15) is 0 Å². The molecule has 0 aliphatic carbocycles. The Morgan fingerprint density at radius 1 is 1.21 bits per heavy atom. The fourth-order valence-corrected chi connectivity index (χ4v) is 3.44. The van der Waals surface area contributed by atoms with Crippen LogP contribution in [0.3, 0.4) is 0 Å². The minimum atomic E-state index is -3.82. The van der Waals surface area contributed by atoms with Crippen LogP contribution < -0.4 is 15.8 Å². The normalized spacial score (nSPS) is 11.4. The number of primary amides is 1. The lowest BCUT2D eigenvalue weighted by atomic mass is 10.1. The molecule has 28 heavy (non-hydrogen) atoms. The number of nitrogens with zero attached hydrogens (tertiary/aromatic N) is 4. The lowest BCUT2D eigenvalue weighted by Crippen LogP contribution is -2.33. The highest BCUT2D eigenvalue weighted by Crippen LogP contribution is 2.24. The minimum absolute atomic E-state index is 0.0258. The van der Waals surface area contributed by atoms with E-state index in [0.29, 0.717) is 11.6 Å². The molecule has 0 saturated heterocycles. The van der Waals surface area contributed by atoms with Crippen molar-refractivity contribution in [3.8, 4) is 11.3 Å². The number of hydrogen-bond acceptors (Lipinski definition) is 7. The van der Waals surface area contributed by atoms with E-state index >= 15 is 0 Å². The predicted octanol–water partition coefficient (Wildman–Crippen LogP) is 0.693. The van der Waals surface area contributed by atoms with Gasteiger partial charge in [-0.1, -0.05) is 12.1 Å². The highest BCUT2D eigenvalue weighted by atomic mass is 32.2. The van der Waals surface area contributed by atoms with Gasteiger partial charge in [-0.05, 0) is 24.6 Å². The van der Waals surface area contributed by atoms with E-state index in [1.54, 1.807) is 42.5 Å². The summed E-state index contributed by atoms with van der Waals surface area (Å²) < 4.78 is 28.1. The van der Waals surface area contributed by atoms with Crippen molar-refractivity contribution in [2.45, 2.75) is 11.8 Å². The molecule has 10 nitrogen and oxygen atoms in total. The fourth-order valence-electron chi connectivity index (χ4n) is 2.45. The molecule has 0 fully saturated rings. The van der Waals surface area contributed by atoms with Crippen LogP contribution in [0.15, 0.2) is 47.8 Å². The average Bonchev–Trinajstić information content (AvgIpc) is 3.06. The number of amides is 1. The Kier molecular flexibility index (Phi) is 5.38. The molecule has 2 aromatic heterocycles. The maximum absolute atomic E-state index is 12.1. The first-order valence-corrected chi connectivity index (χ1v) is 9.70. The molecule has 0 saturated carbocycles. The smallest absolute Gasteiger partial charge is 0.241 e. The van der Waals surface area contributed by atoms with E-state index in [-0.39, 0.29) is 4.90 Å². The second-order valence-corrected chi connectivity index (χ2v) is 7.84. The number of carbonyl (C=O) groups excluding carboxylic acids is 1. The number of anilines is 2. The van der Waals surface area contributed by atoms with Crippen molar-refractivity contribution < 1.29 is 13.2 Å². The zero-order valence-corrected chi connectivity index (χ0v) is 16.1. The molecule has 0 spiro atoms. The van der Waals surface area contributed by atoms with Gasteiger partial charge in [-0.15, -0.1) is 0 Å². The van der Waals surface area contributed by atoms with Crippen molar-refractivity contribution in [1.82, 2.24) is 24.5 Å². The number of sulfonamides is 1. The van der Waals surface area contributed by atoms with Crippen molar-refractivity contribution in [2.75, 3.05) is 11.9 Å². The average molecular weight is 401 g/mol. The summed E-state index contributed by atoms with van der Waals surface area (Å²) in [6.45, 7) is 1.40. The van der Waals surface area contributed by atoms with Crippen LogP contribution in [0.2, 0.25) is 0 Å². The summed E-state index contributed by atoms with van der Waals surface area (Å²) in [5.74, 6) is -0.362. The van der Waals surface area contributed by atoms with E-state index in [9.17, 15) is 13.2 Å². The van der Waals surface area contributed by atoms with E-state index in [4.69, 9.17) is 5.73 Å². The van der Waals surface area contributed by atoms with E-state index < -0.39 is 22.5 Å². The molecule has 0 aliphatic heterocycles. The molecule has 3 rings (SSSR count). The molecule has 11 heteroatoms. The molecule has 1 aromatic carbocycles. The van der Waals surface area contributed by atoms with Gasteiger partial charge in [-0.2, -0.15) is 5.10 Å². The maximum Gasteiger partial charge on any atom is 0.241 e. The van der Waals surface area contributed by atoms with Crippen LogP contribution in [0, 0.1) is 6.92 Å². The Labute approximate surface area is 161 Å². The summed E-state index contributed by atoms with van der Waals surface area (Å²) in [5.41, 5.74) is 7.94. The zero-order valence-electron chi connectivity index (χ0n) is 15.2. The largest absolute Gasteiger partial charge is 0.369 e. The molecule has 2 heterocycles. The lowest BCUT2D eigenvalue weighted by molar-refractivity contribution is -0.116. The first-order chi connectivity index (χ1) is 13.2. The number of nitrogens with two attached hydrogens (primary N) is 1. The first-order valence-electron chi connectivity index (χ1n) is 8.22. The Balaban J connectivity index is 1.85. The number of hydrogen-bond donors (Lipinski definition) is 3. The van der Waals surface area contributed by atoms with Crippen LogP contribution in [0.25, 0.3) is 11.3 Å². The summed E-state index contributed by atoms with van der Waals surface area (Å²) in [4.78, 5) is 19.6. The highest BCUT2D eigenvalue weighted by Gasteiger charge is 2.15. The second kappa shape index (κ2) is 7.74. The van der Waals surface area contributed by atoms with Crippen LogP contribution in [0.5, 0.6) is 0 Å². The van der Waals surface area contributed by atoms with Crippen LogP contribution >= 0.6 is 0 Å². The van der Waals surface area contributed by atoms with Gasteiger partial charge >= 0.3 is 0 Å². The maximum atomic E-state index is 12.1. The molecule has 1 amide bonds. The molecule has 0 unspecified atom stereocenters. The standard InChI is InChI=1S/C17H19N7O3S/c1-11-7-19-17(22-13-8-20-24(2)10-13)23-16(11)12-3-5-14(6-4-12)28(26,27)21-9-15(18)25/h3-8,10,21H,9H2,1-2H3,(H2,18,25)(H,19,22,23). The molecule has 0 aliphatic rings. The monoisotopic (exact) mass is 401 g/mol. The van der Waals surface area contributed by atoms with Gasteiger partial charge in [-0.3, -0.25) is 9.48 Å².